The Balaban J connectivity index is 1.53. The number of hydrogen-bond acceptors (Lipinski definition) is 8. The number of nitrogens with one attached hydrogen (secondary N) is 2. The zero-order valence-electron chi connectivity index (χ0n) is 18.8. The predicted octanol–water partition coefficient (Wildman–Crippen LogP) is 2.95. The van der Waals surface area contributed by atoms with Crippen LogP contribution in [0, 0.1) is 12.3 Å². The summed E-state index contributed by atoms with van der Waals surface area (Å²) < 4.78 is 0.672. The van der Waals surface area contributed by atoms with Crippen molar-refractivity contribution in [3.05, 3.63) is 40.8 Å². The molecule has 0 radical (unpaired) electrons. The molecular weight excluding hydrogens is 426 g/mol. The molecule has 4 heterocycles. The van der Waals surface area contributed by atoms with Crippen LogP contribution in [0.5, 0.6) is 0 Å². The molecule has 32 heavy (non-hydrogen) atoms. The van der Waals surface area contributed by atoms with Crippen molar-refractivity contribution in [1.82, 2.24) is 30.2 Å². The van der Waals surface area contributed by atoms with E-state index in [1.807, 2.05) is 52.8 Å². The average Bonchev–Trinajstić information content (AvgIpc) is 3.09. The first kappa shape index (κ1) is 22.1. The van der Waals surface area contributed by atoms with Crippen molar-refractivity contribution in [1.29, 1.82) is 0 Å². The van der Waals surface area contributed by atoms with Gasteiger partial charge in [0.15, 0.2) is 11.3 Å². The Labute approximate surface area is 190 Å². The second kappa shape index (κ2) is 8.42. The van der Waals surface area contributed by atoms with E-state index in [1.165, 1.54) is 11.3 Å². The number of pyridine rings is 1. The van der Waals surface area contributed by atoms with E-state index in [2.05, 4.69) is 30.6 Å². The summed E-state index contributed by atoms with van der Waals surface area (Å²) in [6.07, 6.45) is 1.73. The lowest BCUT2D eigenvalue weighted by Gasteiger charge is -2.40. The van der Waals surface area contributed by atoms with Crippen molar-refractivity contribution in [2.24, 2.45) is 5.41 Å². The zero-order chi connectivity index (χ0) is 23.0. The molecule has 2 N–H and O–H groups in total. The molecule has 0 aliphatic carbocycles. The van der Waals surface area contributed by atoms with Crippen LogP contribution in [-0.2, 0) is 4.79 Å². The Bertz CT molecular complexity index is 1150. The monoisotopic (exact) mass is 453 g/mol. The maximum Gasteiger partial charge on any atom is 0.274 e. The molecule has 168 valence electrons. The van der Waals surface area contributed by atoms with Gasteiger partial charge in [-0.15, -0.1) is 11.3 Å². The SMILES string of the molecule is Cc1nc2nc(NC(C)c3ccccn3)nc(C(=O)N3CC(NC(=O)C(C)(C)C)C3)c2s1. The molecule has 0 aromatic carbocycles. The number of nitrogens with zero attached hydrogens (tertiary/aromatic N) is 5. The van der Waals surface area contributed by atoms with E-state index in [-0.39, 0.29) is 23.9 Å². The van der Waals surface area contributed by atoms with Crippen LogP contribution in [0.2, 0.25) is 0 Å². The van der Waals surface area contributed by atoms with E-state index < -0.39 is 5.41 Å². The molecule has 1 saturated heterocycles. The summed E-state index contributed by atoms with van der Waals surface area (Å²) in [5.41, 5.74) is 1.21. The van der Waals surface area contributed by atoms with E-state index in [0.29, 0.717) is 35.1 Å². The van der Waals surface area contributed by atoms with Crippen molar-refractivity contribution < 1.29 is 9.59 Å². The average molecular weight is 454 g/mol. The number of amides is 2. The largest absolute Gasteiger partial charge is 0.349 e. The van der Waals surface area contributed by atoms with Crippen LogP contribution in [0.3, 0.4) is 0 Å². The maximum atomic E-state index is 13.2. The molecule has 3 aromatic heterocycles. The molecule has 4 rings (SSSR count). The molecule has 1 aliphatic heterocycles. The summed E-state index contributed by atoms with van der Waals surface area (Å²) in [5.74, 6) is 0.130. The first-order valence-electron chi connectivity index (χ1n) is 10.5. The summed E-state index contributed by atoms with van der Waals surface area (Å²) in [7, 11) is 0. The highest BCUT2D eigenvalue weighted by molar-refractivity contribution is 7.18. The zero-order valence-corrected chi connectivity index (χ0v) is 19.7. The topological polar surface area (TPSA) is 113 Å². The van der Waals surface area contributed by atoms with Gasteiger partial charge in [0.2, 0.25) is 11.9 Å². The third-order valence-corrected chi connectivity index (χ3v) is 6.19. The number of anilines is 1. The van der Waals surface area contributed by atoms with Crippen molar-refractivity contribution in [3.63, 3.8) is 0 Å². The third kappa shape index (κ3) is 4.55. The molecule has 2 amide bonds. The van der Waals surface area contributed by atoms with Crippen LogP contribution in [0.25, 0.3) is 10.3 Å². The number of hydrogen-bond donors (Lipinski definition) is 2. The fraction of sp³-hybridized carbons (Fsp3) is 0.455. The summed E-state index contributed by atoms with van der Waals surface area (Å²) in [6.45, 7) is 10.4. The van der Waals surface area contributed by atoms with Gasteiger partial charge in [-0.1, -0.05) is 26.8 Å². The fourth-order valence-electron chi connectivity index (χ4n) is 3.32. The summed E-state index contributed by atoms with van der Waals surface area (Å²) in [5, 5.41) is 7.05. The number of carbonyl (C=O) groups is 2. The molecule has 0 saturated carbocycles. The molecule has 1 atom stereocenters. The molecule has 1 aliphatic rings. The second-order valence-corrected chi connectivity index (χ2v) is 10.2. The van der Waals surface area contributed by atoms with Gasteiger partial charge in [-0.25, -0.2) is 9.97 Å². The highest BCUT2D eigenvalue weighted by atomic mass is 32.1. The van der Waals surface area contributed by atoms with Gasteiger partial charge < -0.3 is 15.5 Å². The Hall–Kier alpha value is -3.14. The standard InChI is InChI=1S/C22H27N7O2S/c1-12(15-8-6-7-9-23-15)24-21-27-16(17-18(28-21)25-13(2)32-17)19(30)29-10-14(11-29)26-20(31)22(3,4)5/h6-9,12,14H,10-11H2,1-5H3,(H,26,31)(H,24,27,28). The number of fused-ring (bicyclic) bond motifs is 1. The predicted molar refractivity (Wildman–Crippen MR) is 124 cm³/mol. The van der Waals surface area contributed by atoms with Crippen LogP contribution < -0.4 is 10.6 Å². The van der Waals surface area contributed by atoms with Gasteiger partial charge in [0, 0.05) is 24.7 Å². The van der Waals surface area contributed by atoms with E-state index >= 15 is 0 Å². The minimum Gasteiger partial charge on any atom is -0.349 e. The van der Waals surface area contributed by atoms with E-state index in [1.54, 1.807) is 11.1 Å². The van der Waals surface area contributed by atoms with Crippen LogP contribution in [-0.4, -0.2) is 55.8 Å². The first-order valence-corrected chi connectivity index (χ1v) is 11.4. The number of carbonyl (C=O) groups excluding carboxylic acids is 2. The highest BCUT2D eigenvalue weighted by Crippen LogP contribution is 2.28. The van der Waals surface area contributed by atoms with Crippen molar-refractivity contribution >= 4 is 39.4 Å². The summed E-state index contributed by atoms with van der Waals surface area (Å²) in [4.78, 5) is 45.0. The third-order valence-electron chi connectivity index (χ3n) is 5.23. The fourth-order valence-corrected chi connectivity index (χ4v) is 4.16. The molecule has 1 unspecified atom stereocenters. The minimum atomic E-state index is -0.464. The van der Waals surface area contributed by atoms with Crippen LogP contribution >= 0.6 is 11.3 Å². The molecule has 0 spiro atoms. The summed E-state index contributed by atoms with van der Waals surface area (Å²) in [6, 6.07) is 5.51. The Morgan fingerprint density at radius 3 is 2.59 bits per heavy atom. The first-order chi connectivity index (χ1) is 15.1. The van der Waals surface area contributed by atoms with Gasteiger partial charge in [0.1, 0.15) is 4.70 Å². The maximum absolute atomic E-state index is 13.2. The molecule has 9 nitrogen and oxygen atoms in total. The lowest BCUT2D eigenvalue weighted by atomic mass is 9.94. The molecule has 0 bridgehead atoms. The van der Waals surface area contributed by atoms with Gasteiger partial charge in [0.05, 0.1) is 22.8 Å². The second-order valence-electron chi connectivity index (χ2n) is 9.03. The Morgan fingerprint density at radius 2 is 1.94 bits per heavy atom. The summed E-state index contributed by atoms with van der Waals surface area (Å²) >= 11 is 1.40. The Morgan fingerprint density at radius 1 is 1.19 bits per heavy atom. The van der Waals surface area contributed by atoms with Gasteiger partial charge in [-0.3, -0.25) is 14.6 Å². The number of rotatable bonds is 5. The van der Waals surface area contributed by atoms with Gasteiger partial charge in [-0.2, -0.15) is 4.98 Å². The molecule has 3 aromatic rings. The van der Waals surface area contributed by atoms with Crippen molar-refractivity contribution in [2.75, 3.05) is 18.4 Å². The van der Waals surface area contributed by atoms with Gasteiger partial charge in [0.25, 0.3) is 5.91 Å². The van der Waals surface area contributed by atoms with E-state index in [9.17, 15) is 9.59 Å². The number of aromatic nitrogens is 4. The number of likely N-dealkylation sites (tertiary alicyclic amines) is 1. The molecule has 10 heteroatoms. The van der Waals surface area contributed by atoms with Gasteiger partial charge >= 0.3 is 0 Å². The van der Waals surface area contributed by atoms with Crippen molar-refractivity contribution in [2.45, 2.75) is 46.7 Å². The Kier molecular flexibility index (Phi) is 5.81. The van der Waals surface area contributed by atoms with Crippen LogP contribution in [0.15, 0.2) is 24.4 Å². The minimum absolute atomic E-state index is 0.0212. The highest BCUT2D eigenvalue weighted by Gasteiger charge is 2.36. The lowest BCUT2D eigenvalue weighted by molar-refractivity contribution is -0.130. The lowest BCUT2D eigenvalue weighted by Crippen LogP contribution is -2.62. The van der Waals surface area contributed by atoms with Gasteiger partial charge in [-0.05, 0) is 26.0 Å². The normalized spacial score (nSPS) is 15.3. The smallest absolute Gasteiger partial charge is 0.274 e. The quantitative estimate of drug-likeness (QED) is 0.611. The number of aryl methyl sites for hydroxylation is 1. The van der Waals surface area contributed by atoms with Crippen molar-refractivity contribution in [3.8, 4) is 0 Å². The van der Waals surface area contributed by atoms with E-state index in [0.717, 1.165) is 10.7 Å². The van der Waals surface area contributed by atoms with Crippen LogP contribution in [0.1, 0.15) is 54.9 Å². The van der Waals surface area contributed by atoms with E-state index in [4.69, 9.17) is 0 Å². The molecular formula is C22H27N7O2S. The molecule has 1 fully saturated rings. The number of thiazole rings is 1. The van der Waals surface area contributed by atoms with Crippen LogP contribution in [0.4, 0.5) is 5.95 Å².